The molecule has 1 aromatic heterocycles. The van der Waals surface area contributed by atoms with Gasteiger partial charge in [-0.15, -0.1) is 0 Å². The number of hydrogen-bond acceptors (Lipinski definition) is 4. The summed E-state index contributed by atoms with van der Waals surface area (Å²) in [4.78, 5) is 32.5. The standard InChI is InChI=1S/C26H25ClFN3O3/c1-15(2)34-23-8-4-3-7-19(23)26(33)31(24(25(29)32)16-6-5-11-30-14-16)22-10-9-18-20(22)12-17(27)13-21(18)28/h3-8,11-15,22,24H,9-10H2,1-2H3,(H2,29,32)/t22-,24-/m1/s1. The third kappa shape index (κ3) is 4.61. The van der Waals surface area contributed by atoms with E-state index >= 15 is 0 Å². The Hall–Kier alpha value is -3.45. The van der Waals surface area contributed by atoms with Gasteiger partial charge in [0.1, 0.15) is 17.6 Å². The van der Waals surface area contributed by atoms with Crippen LogP contribution in [0.3, 0.4) is 0 Å². The molecule has 1 heterocycles. The summed E-state index contributed by atoms with van der Waals surface area (Å²) >= 11 is 6.17. The molecule has 0 fully saturated rings. The Kier molecular flexibility index (Phi) is 6.84. The maximum atomic E-state index is 14.7. The van der Waals surface area contributed by atoms with Crippen molar-refractivity contribution in [3.63, 3.8) is 0 Å². The summed E-state index contributed by atoms with van der Waals surface area (Å²) in [5.41, 5.74) is 7.64. The zero-order chi connectivity index (χ0) is 24.4. The van der Waals surface area contributed by atoms with Gasteiger partial charge in [-0.25, -0.2) is 4.39 Å². The summed E-state index contributed by atoms with van der Waals surface area (Å²) in [7, 11) is 0. The fourth-order valence-corrected chi connectivity index (χ4v) is 4.70. The average molecular weight is 482 g/mol. The van der Waals surface area contributed by atoms with Crippen molar-refractivity contribution in [1.82, 2.24) is 9.88 Å². The summed E-state index contributed by atoms with van der Waals surface area (Å²) in [6.45, 7) is 3.72. The highest BCUT2D eigenvalue weighted by molar-refractivity contribution is 6.30. The number of halogens is 2. The van der Waals surface area contributed by atoms with E-state index in [1.54, 1.807) is 48.7 Å². The Morgan fingerprint density at radius 1 is 1.21 bits per heavy atom. The second kappa shape index (κ2) is 9.81. The van der Waals surface area contributed by atoms with E-state index in [0.717, 1.165) is 0 Å². The van der Waals surface area contributed by atoms with Crippen LogP contribution in [0.15, 0.2) is 60.9 Å². The number of benzene rings is 2. The van der Waals surface area contributed by atoms with Gasteiger partial charge in [0, 0.05) is 23.0 Å². The molecule has 4 rings (SSSR count). The molecule has 0 unspecified atom stereocenters. The van der Waals surface area contributed by atoms with Crippen molar-refractivity contribution in [2.45, 2.75) is 44.9 Å². The van der Waals surface area contributed by atoms with E-state index in [9.17, 15) is 14.0 Å². The summed E-state index contributed by atoms with van der Waals surface area (Å²) in [6.07, 6.45) is 3.71. The first-order valence-corrected chi connectivity index (χ1v) is 11.4. The number of pyridine rings is 1. The van der Waals surface area contributed by atoms with Crippen molar-refractivity contribution in [2.24, 2.45) is 5.73 Å². The van der Waals surface area contributed by atoms with Gasteiger partial charge in [-0.3, -0.25) is 14.6 Å². The molecule has 34 heavy (non-hydrogen) atoms. The van der Waals surface area contributed by atoms with E-state index in [-0.39, 0.29) is 16.7 Å². The highest BCUT2D eigenvalue weighted by Gasteiger charge is 2.41. The van der Waals surface area contributed by atoms with Gasteiger partial charge in [-0.05, 0) is 68.1 Å². The maximum absolute atomic E-state index is 14.7. The molecule has 8 heteroatoms. The Morgan fingerprint density at radius 2 is 1.97 bits per heavy atom. The highest BCUT2D eigenvalue weighted by Crippen LogP contribution is 2.43. The van der Waals surface area contributed by atoms with Crippen molar-refractivity contribution in [3.05, 3.63) is 94.0 Å². The van der Waals surface area contributed by atoms with Crippen LogP contribution >= 0.6 is 11.6 Å². The lowest BCUT2D eigenvalue weighted by Crippen LogP contribution is -2.43. The van der Waals surface area contributed by atoms with Crippen LogP contribution in [0.5, 0.6) is 5.75 Å². The van der Waals surface area contributed by atoms with E-state index in [4.69, 9.17) is 22.1 Å². The van der Waals surface area contributed by atoms with Crippen LogP contribution in [0.25, 0.3) is 0 Å². The van der Waals surface area contributed by atoms with Crippen molar-refractivity contribution in [3.8, 4) is 5.75 Å². The maximum Gasteiger partial charge on any atom is 0.259 e. The van der Waals surface area contributed by atoms with E-state index in [2.05, 4.69) is 4.98 Å². The largest absolute Gasteiger partial charge is 0.490 e. The Labute approximate surface area is 202 Å². The number of fused-ring (bicyclic) bond motifs is 1. The second-order valence-corrected chi connectivity index (χ2v) is 8.91. The molecule has 0 aliphatic heterocycles. The van der Waals surface area contributed by atoms with Crippen LogP contribution in [-0.2, 0) is 11.2 Å². The number of primary amides is 1. The molecule has 2 aromatic carbocycles. The van der Waals surface area contributed by atoms with Crippen molar-refractivity contribution < 1.29 is 18.7 Å². The molecule has 2 atom stereocenters. The van der Waals surface area contributed by atoms with Crippen LogP contribution in [0, 0.1) is 5.82 Å². The molecule has 0 spiro atoms. The summed E-state index contributed by atoms with van der Waals surface area (Å²) < 4.78 is 20.6. The number of hydrogen-bond donors (Lipinski definition) is 1. The Bertz CT molecular complexity index is 1220. The van der Waals surface area contributed by atoms with Gasteiger partial charge in [0.2, 0.25) is 5.91 Å². The predicted molar refractivity (Wildman–Crippen MR) is 127 cm³/mol. The number of carbonyl (C=O) groups excluding carboxylic acids is 2. The zero-order valence-corrected chi connectivity index (χ0v) is 19.6. The number of nitrogens with two attached hydrogens (primary N) is 1. The molecule has 2 N–H and O–H groups in total. The summed E-state index contributed by atoms with van der Waals surface area (Å²) in [6, 6.07) is 11.3. The van der Waals surface area contributed by atoms with E-state index in [1.165, 1.54) is 17.2 Å². The molecule has 1 aliphatic carbocycles. The van der Waals surface area contributed by atoms with Crippen molar-refractivity contribution in [1.29, 1.82) is 0 Å². The van der Waals surface area contributed by atoms with E-state index < -0.39 is 29.7 Å². The van der Waals surface area contributed by atoms with Gasteiger partial charge < -0.3 is 15.4 Å². The second-order valence-electron chi connectivity index (χ2n) is 8.48. The zero-order valence-electron chi connectivity index (χ0n) is 18.9. The minimum atomic E-state index is -1.13. The molecule has 2 amide bonds. The number of nitrogens with zero attached hydrogens (tertiary/aromatic N) is 2. The molecule has 3 aromatic rings. The molecular formula is C26H25ClFN3O3. The van der Waals surface area contributed by atoms with Crippen LogP contribution < -0.4 is 10.5 Å². The van der Waals surface area contributed by atoms with E-state index in [1.807, 2.05) is 13.8 Å². The first-order chi connectivity index (χ1) is 16.3. The van der Waals surface area contributed by atoms with Crippen molar-refractivity contribution in [2.75, 3.05) is 0 Å². The first kappa shape index (κ1) is 23.7. The van der Waals surface area contributed by atoms with Crippen LogP contribution in [0.2, 0.25) is 5.02 Å². The van der Waals surface area contributed by atoms with Gasteiger partial charge in [0.25, 0.3) is 5.91 Å². The number of amides is 2. The number of carbonyl (C=O) groups is 2. The molecular weight excluding hydrogens is 457 g/mol. The molecule has 0 saturated heterocycles. The topological polar surface area (TPSA) is 85.5 Å². The minimum absolute atomic E-state index is 0.173. The Morgan fingerprint density at radius 3 is 2.65 bits per heavy atom. The number of ether oxygens (including phenoxy) is 1. The fraction of sp³-hybridized carbons (Fsp3) is 0.269. The predicted octanol–water partition coefficient (Wildman–Crippen LogP) is 5.02. The molecule has 1 aliphatic rings. The summed E-state index contributed by atoms with van der Waals surface area (Å²) in [5.74, 6) is -1.22. The lowest BCUT2D eigenvalue weighted by atomic mass is 9.98. The van der Waals surface area contributed by atoms with Gasteiger partial charge in [-0.1, -0.05) is 29.8 Å². The normalized spacial score (nSPS) is 15.6. The number of para-hydroxylation sites is 1. The van der Waals surface area contributed by atoms with Gasteiger partial charge in [-0.2, -0.15) is 0 Å². The lowest BCUT2D eigenvalue weighted by Gasteiger charge is -2.36. The number of aromatic nitrogens is 1. The van der Waals surface area contributed by atoms with Crippen LogP contribution in [-0.4, -0.2) is 27.8 Å². The van der Waals surface area contributed by atoms with Gasteiger partial charge in [0.15, 0.2) is 0 Å². The SMILES string of the molecule is CC(C)Oc1ccccc1C(=O)N([C@@H]1CCc2c(F)cc(Cl)cc21)[C@@H](C(N)=O)c1cccnc1. The fourth-order valence-electron chi connectivity index (χ4n) is 4.49. The smallest absolute Gasteiger partial charge is 0.259 e. The van der Waals surface area contributed by atoms with Gasteiger partial charge >= 0.3 is 0 Å². The van der Waals surface area contributed by atoms with Crippen LogP contribution in [0.1, 0.15) is 59.4 Å². The lowest BCUT2D eigenvalue weighted by molar-refractivity contribution is -0.123. The third-order valence-corrected chi connectivity index (χ3v) is 6.04. The summed E-state index contributed by atoms with van der Waals surface area (Å²) in [5, 5.41) is 0.219. The highest BCUT2D eigenvalue weighted by atomic mass is 35.5. The minimum Gasteiger partial charge on any atom is -0.490 e. The average Bonchev–Trinajstić information content (AvgIpc) is 3.21. The van der Waals surface area contributed by atoms with Crippen LogP contribution in [0.4, 0.5) is 4.39 Å². The molecule has 0 radical (unpaired) electrons. The van der Waals surface area contributed by atoms with Crippen molar-refractivity contribution >= 4 is 23.4 Å². The molecule has 6 nitrogen and oxygen atoms in total. The van der Waals surface area contributed by atoms with Gasteiger partial charge in [0.05, 0.1) is 17.7 Å². The number of rotatable bonds is 7. The monoisotopic (exact) mass is 481 g/mol. The quantitative estimate of drug-likeness (QED) is 0.513. The Balaban J connectivity index is 1.89. The molecule has 0 saturated carbocycles. The third-order valence-electron chi connectivity index (χ3n) is 5.82. The van der Waals surface area contributed by atoms with E-state index in [0.29, 0.717) is 35.3 Å². The molecule has 176 valence electrons. The first-order valence-electron chi connectivity index (χ1n) is 11.0. The molecule has 0 bridgehead atoms.